The zero-order valence-electron chi connectivity index (χ0n) is 15.4. The molecular formula is C19H26N4O3. The van der Waals surface area contributed by atoms with Gasteiger partial charge >= 0.3 is 0 Å². The highest BCUT2D eigenvalue weighted by Gasteiger charge is 2.11. The van der Waals surface area contributed by atoms with Crippen LogP contribution in [-0.4, -0.2) is 41.0 Å². The number of carbonyl (C=O) groups excluding carboxylic acids is 2. The van der Waals surface area contributed by atoms with Crippen molar-refractivity contribution in [2.45, 2.75) is 39.2 Å². The van der Waals surface area contributed by atoms with Crippen LogP contribution in [0.15, 0.2) is 36.8 Å². The van der Waals surface area contributed by atoms with Crippen LogP contribution in [-0.2, 0) is 4.79 Å². The van der Waals surface area contributed by atoms with Crippen molar-refractivity contribution in [2.75, 3.05) is 13.2 Å². The quantitative estimate of drug-likeness (QED) is 0.640. The fraction of sp³-hybridized carbons (Fsp3) is 0.421. The number of hydrogen-bond donors (Lipinski definition) is 3. The van der Waals surface area contributed by atoms with Crippen molar-refractivity contribution < 1.29 is 14.3 Å². The Morgan fingerprint density at radius 1 is 1.19 bits per heavy atom. The number of amides is 2. The Morgan fingerprint density at radius 2 is 1.92 bits per heavy atom. The third-order valence-electron chi connectivity index (χ3n) is 3.94. The number of aromatic nitrogens is 2. The van der Waals surface area contributed by atoms with Crippen molar-refractivity contribution in [3.63, 3.8) is 0 Å². The first-order valence-electron chi connectivity index (χ1n) is 8.74. The molecule has 7 heteroatoms. The summed E-state index contributed by atoms with van der Waals surface area (Å²) in [4.78, 5) is 30.3. The average Bonchev–Trinajstić information content (AvgIpc) is 3.15. The van der Waals surface area contributed by atoms with Gasteiger partial charge in [-0.3, -0.25) is 9.59 Å². The summed E-state index contributed by atoms with van der Waals surface area (Å²) >= 11 is 0. The van der Waals surface area contributed by atoms with Gasteiger partial charge in [0.2, 0.25) is 0 Å². The summed E-state index contributed by atoms with van der Waals surface area (Å²) in [5.41, 5.74) is 1.64. The van der Waals surface area contributed by atoms with E-state index < -0.39 is 0 Å². The molecule has 0 fully saturated rings. The monoisotopic (exact) mass is 358 g/mol. The van der Waals surface area contributed by atoms with Crippen molar-refractivity contribution in [1.82, 2.24) is 20.6 Å². The van der Waals surface area contributed by atoms with E-state index in [2.05, 4.69) is 34.4 Å². The smallest absolute Gasteiger partial charge is 0.269 e. The minimum atomic E-state index is -0.213. The highest BCUT2D eigenvalue weighted by atomic mass is 16.5. The van der Waals surface area contributed by atoms with Crippen LogP contribution in [0.2, 0.25) is 0 Å². The summed E-state index contributed by atoms with van der Waals surface area (Å²) < 4.78 is 5.48. The van der Waals surface area contributed by atoms with E-state index >= 15 is 0 Å². The van der Waals surface area contributed by atoms with Crippen molar-refractivity contribution in [1.29, 1.82) is 0 Å². The Morgan fingerprint density at radius 3 is 2.54 bits per heavy atom. The first-order chi connectivity index (χ1) is 12.5. The van der Waals surface area contributed by atoms with E-state index in [-0.39, 0.29) is 24.5 Å². The SMILES string of the molecule is CC(C)c1ccc(OCC(=O)NCC[C@H](C)NC(=O)c2cnc[nH]2)cc1. The van der Waals surface area contributed by atoms with Gasteiger partial charge in [0.1, 0.15) is 11.4 Å². The molecule has 0 aliphatic carbocycles. The Kier molecular flexibility index (Phi) is 7.20. The van der Waals surface area contributed by atoms with Crippen LogP contribution in [0.4, 0.5) is 0 Å². The largest absolute Gasteiger partial charge is 0.484 e. The standard InChI is InChI=1S/C19H26N4O3/c1-13(2)15-4-6-16(7-5-15)26-11-18(24)21-9-8-14(3)23-19(25)17-10-20-12-22-17/h4-7,10,12-14H,8-9,11H2,1-3H3,(H,20,22)(H,21,24)(H,23,25)/t14-/m0/s1. The molecule has 1 aromatic heterocycles. The lowest BCUT2D eigenvalue weighted by atomic mass is 10.0. The van der Waals surface area contributed by atoms with Gasteiger partial charge < -0.3 is 20.4 Å². The van der Waals surface area contributed by atoms with Crippen LogP contribution in [0, 0.1) is 0 Å². The van der Waals surface area contributed by atoms with Crippen molar-refractivity contribution in [3.8, 4) is 5.75 Å². The second-order valence-corrected chi connectivity index (χ2v) is 6.49. The first kappa shape index (κ1) is 19.5. The first-order valence-corrected chi connectivity index (χ1v) is 8.74. The number of aromatic amines is 1. The van der Waals surface area contributed by atoms with Crippen LogP contribution >= 0.6 is 0 Å². The number of hydrogen-bond acceptors (Lipinski definition) is 4. The maximum Gasteiger partial charge on any atom is 0.269 e. The van der Waals surface area contributed by atoms with E-state index in [1.54, 1.807) is 0 Å². The molecule has 2 rings (SSSR count). The molecule has 7 nitrogen and oxygen atoms in total. The molecule has 140 valence electrons. The lowest BCUT2D eigenvalue weighted by Gasteiger charge is -2.14. The van der Waals surface area contributed by atoms with E-state index in [1.165, 1.54) is 18.1 Å². The average molecular weight is 358 g/mol. The minimum absolute atomic E-state index is 0.0318. The van der Waals surface area contributed by atoms with Gasteiger partial charge in [0.25, 0.3) is 11.8 Å². The summed E-state index contributed by atoms with van der Waals surface area (Å²) in [6.45, 7) is 6.56. The van der Waals surface area contributed by atoms with Gasteiger partial charge in [-0.25, -0.2) is 4.98 Å². The number of carbonyl (C=O) groups is 2. The summed E-state index contributed by atoms with van der Waals surface area (Å²) in [5.74, 6) is 0.729. The van der Waals surface area contributed by atoms with Gasteiger partial charge in [0.15, 0.2) is 6.61 Å². The highest BCUT2D eigenvalue weighted by Crippen LogP contribution is 2.18. The van der Waals surface area contributed by atoms with Gasteiger partial charge in [0.05, 0.1) is 12.5 Å². The van der Waals surface area contributed by atoms with E-state index in [0.717, 1.165) is 0 Å². The normalized spacial score (nSPS) is 11.8. The van der Waals surface area contributed by atoms with Crippen LogP contribution in [0.25, 0.3) is 0 Å². The van der Waals surface area contributed by atoms with Crippen molar-refractivity contribution in [2.24, 2.45) is 0 Å². The minimum Gasteiger partial charge on any atom is -0.484 e. The molecule has 1 heterocycles. The van der Waals surface area contributed by atoms with E-state index in [0.29, 0.717) is 30.3 Å². The van der Waals surface area contributed by atoms with E-state index in [1.807, 2.05) is 31.2 Å². The molecule has 0 radical (unpaired) electrons. The van der Waals surface area contributed by atoms with Gasteiger partial charge in [-0.15, -0.1) is 0 Å². The van der Waals surface area contributed by atoms with Gasteiger partial charge in [-0.1, -0.05) is 26.0 Å². The maximum absolute atomic E-state index is 11.8. The molecule has 3 N–H and O–H groups in total. The van der Waals surface area contributed by atoms with Gasteiger partial charge in [-0.2, -0.15) is 0 Å². The predicted octanol–water partition coefficient (Wildman–Crippen LogP) is 2.24. The predicted molar refractivity (Wildman–Crippen MR) is 99.2 cm³/mol. The van der Waals surface area contributed by atoms with E-state index in [9.17, 15) is 9.59 Å². The number of nitrogens with zero attached hydrogens (tertiary/aromatic N) is 1. The number of H-pyrrole nitrogens is 1. The second-order valence-electron chi connectivity index (χ2n) is 6.49. The topological polar surface area (TPSA) is 96.1 Å². The van der Waals surface area contributed by atoms with Crippen LogP contribution in [0.1, 0.15) is 49.2 Å². The number of ether oxygens (including phenoxy) is 1. The molecule has 0 saturated heterocycles. The molecule has 0 unspecified atom stereocenters. The Hall–Kier alpha value is -2.83. The molecule has 0 bridgehead atoms. The third-order valence-corrected chi connectivity index (χ3v) is 3.94. The van der Waals surface area contributed by atoms with Crippen LogP contribution in [0.5, 0.6) is 5.75 Å². The van der Waals surface area contributed by atoms with Crippen LogP contribution < -0.4 is 15.4 Å². The number of rotatable bonds is 9. The molecule has 0 spiro atoms. The summed E-state index contributed by atoms with van der Waals surface area (Å²) in [6, 6.07) is 7.67. The molecule has 1 atom stereocenters. The van der Waals surface area contributed by atoms with Gasteiger partial charge in [0, 0.05) is 12.6 Å². The molecule has 2 amide bonds. The lowest BCUT2D eigenvalue weighted by molar-refractivity contribution is -0.123. The number of nitrogens with one attached hydrogen (secondary N) is 3. The van der Waals surface area contributed by atoms with E-state index in [4.69, 9.17) is 4.74 Å². The lowest BCUT2D eigenvalue weighted by Crippen LogP contribution is -2.37. The Balaban J connectivity index is 1.63. The molecular weight excluding hydrogens is 332 g/mol. The fourth-order valence-corrected chi connectivity index (χ4v) is 2.33. The van der Waals surface area contributed by atoms with Crippen LogP contribution in [0.3, 0.4) is 0 Å². The molecule has 2 aromatic rings. The van der Waals surface area contributed by atoms with Crippen molar-refractivity contribution >= 4 is 11.8 Å². The molecule has 0 aliphatic rings. The molecule has 0 aliphatic heterocycles. The van der Waals surface area contributed by atoms with Crippen molar-refractivity contribution in [3.05, 3.63) is 48.0 Å². The Bertz CT molecular complexity index is 696. The number of benzene rings is 1. The summed E-state index contributed by atoms with van der Waals surface area (Å²) in [7, 11) is 0. The fourth-order valence-electron chi connectivity index (χ4n) is 2.33. The molecule has 0 saturated carbocycles. The second kappa shape index (κ2) is 9.60. The Labute approximate surface area is 153 Å². The summed E-state index contributed by atoms with van der Waals surface area (Å²) in [5, 5.41) is 5.62. The number of imidazole rings is 1. The highest BCUT2D eigenvalue weighted by molar-refractivity contribution is 5.92. The van der Waals surface area contributed by atoms with Gasteiger partial charge in [-0.05, 0) is 37.0 Å². The third kappa shape index (κ3) is 6.23. The molecule has 26 heavy (non-hydrogen) atoms. The molecule has 1 aromatic carbocycles. The zero-order chi connectivity index (χ0) is 18.9. The maximum atomic E-state index is 11.8. The summed E-state index contributed by atoms with van der Waals surface area (Å²) in [6.07, 6.45) is 3.54. The zero-order valence-corrected chi connectivity index (χ0v) is 15.4.